The molecule has 1 aliphatic rings. The fraction of sp³-hybridized carbons (Fsp3) is 0.615. The van der Waals surface area contributed by atoms with Gasteiger partial charge in [-0.15, -0.1) is 0 Å². The molecule has 2 heteroatoms. The molecule has 0 bridgehead atoms. The van der Waals surface area contributed by atoms with Gasteiger partial charge < -0.3 is 4.57 Å². The third-order valence-corrected chi connectivity index (χ3v) is 2.59. The second kappa shape index (κ2) is 5.15. The SMILES string of the molecule is CC.CC(C)c1cn2c(n1)C=CCC2C. The predicted octanol–water partition coefficient (Wildman–Crippen LogP) is 4.01. The van der Waals surface area contributed by atoms with Crippen molar-refractivity contribution in [2.75, 3.05) is 0 Å². The van der Waals surface area contributed by atoms with E-state index in [9.17, 15) is 0 Å². The van der Waals surface area contributed by atoms with Crippen LogP contribution in [-0.2, 0) is 0 Å². The number of rotatable bonds is 1. The highest BCUT2D eigenvalue weighted by molar-refractivity contribution is 5.44. The van der Waals surface area contributed by atoms with Gasteiger partial charge in [0.2, 0.25) is 0 Å². The van der Waals surface area contributed by atoms with Crippen LogP contribution in [0.2, 0.25) is 0 Å². The summed E-state index contributed by atoms with van der Waals surface area (Å²) in [7, 11) is 0. The first kappa shape index (κ1) is 12.0. The van der Waals surface area contributed by atoms with Gasteiger partial charge in [0, 0.05) is 12.2 Å². The molecule has 0 saturated heterocycles. The van der Waals surface area contributed by atoms with E-state index >= 15 is 0 Å². The largest absolute Gasteiger partial charge is 0.328 e. The Morgan fingerprint density at radius 1 is 1.40 bits per heavy atom. The van der Waals surface area contributed by atoms with Crippen molar-refractivity contribution in [3.63, 3.8) is 0 Å². The predicted molar refractivity (Wildman–Crippen MR) is 66.0 cm³/mol. The first-order chi connectivity index (χ1) is 7.18. The molecular formula is C13H22N2. The van der Waals surface area contributed by atoms with E-state index in [-0.39, 0.29) is 0 Å². The molecule has 15 heavy (non-hydrogen) atoms. The average molecular weight is 206 g/mol. The van der Waals surface area contributed by atoms with Crippen LogP contribution in [0.4, 0.5) is 0 Å². The number of allylic oxidation sites excluding steroid dienone is 1. The minimum atomic E-state index is 0.527. The number of hydrogen-bond donors (Lipinski definition) is 0. The molecule has 1 aromatic rings. The molecule has 1 aliphatic heterocycles. The summed E-state index contributed by atoms with van der Waals surface area (Å²) < 4.78 is 2.27. The number of fused-ring (bicyclic) bond motifs is 1. The van der Waals surface area contributed by atoms with Gasteiger partial charge in [0.1, 0.15) is 5.82 Å². The van der Waals surface area contributed by atoms with E-state index in [2.05, 4.69) is 48.7 Å². The summed E-state index contributed by atoms with van der Waals surface area (Å²) >= 11 is 0. The monoisotopic (exact) mass is 206 g/mol. The van der Waals surface area contributed by atoms with E-state index in [0.29, 0.717) is 12.0 Å². The van der Waals surface area contributed by atoms with E-state index in [1.807, 2.05) is 13.8 Å². The summed E-state index contributed by atoms with van der Waals surface area (Å²) in [4.78, 5) is 4.58. The summed E-state index contributed by atoms with van der Waals surface area (Å²) in [5.41, 5.74) is 1.20. The van der Waals surface area contributed by atoms with Crippen molar-refractivity contribution in [3.05, 3.63) is 23.8 Å². The Kier molecular flexibility index (Phi) is 4.13. The third-order valence-electron chi connectivity index (χ3n) is 2.59. The molecule has 0 spiro atoms. The molecule has 1 aromatic heterocycles. The van der Waals surface area contributed by atoms with Gasteiger partial charge in [0.25, 0.3) is 0 Å². The molecule has 2 nitrogen and oxygen atoms in total. The van der Waals surface area contributed by atoms with Gasteiger partial charge in [-0.1, -0.05) is 33.8 Å². The molecule has 84 valence electrons. The fourth-order valence-corrected chi connectivity index (χ4v) is 1.67. The van der Waals surface area contributed by atoms with Gasteiger partial charge in [-0.2, -0.15) is 0 Å². The molecule has 1 atom stereocenters. The second-order valence-corrected chi connectivity index (χ2v) is 4.07. The molecule has 0 N–H and O–H groups in total. The zero-order chi connectivity index (χ0) is 11.4. The van der Waals surface area contributed by atoms with Gasteiger partial charge in [-0.25, -0.2) is 4.98 Å². The quantitative estimate of drug-likeness (QED) is 0.679. The van der Waals surface area contributed by atoms with Crippen LogP contribution in [0.1, 0.15) is 64.5 Å². The van der Waals surface area contributed by atoms with Gasteiger partial charge in [0.05, 0.1) is 5.69 Å². The zero-order valence-electron chi connectivity index (χ0n) is 10.5. The van der Waals surface area contributed by atoms with Crippen LogP contribution in [-0.4, -0.2) is 9.55 Å². The van der Waals surface area contributed by atoms with Crippen molar-refractivity contribution in [1.82, 2.24) is 9.55 Å². The Morgan fingerprint density at radius 2 is 2.07 bits per heavy atom. The standard InChI is InChI=1S/C11H16N2.C2H6/c1-8(2)10-7-13-9(3)5-4-6-11(13)12-10;1-2/h4,6-9H,5H2,1-3H3;1-2H3. The maximum atomic E-state index is 4.58. The van der Waals surface area contributed by atoms with Crippen LogP contribution in [0.3, 0.4) is 0 Å². The molecule has 1 unspecified atom stereocenters. The lowest BCUT2D eigenvalue weighted by atomic mass is 10.1. The molecule has 0 saturated carbocycles. The highest BCUT2D eigenvalue weighted by Gasteiger charge is 2.15. The number of aromatic nitrogens is 2. The summed E-state index contributed by atoms with van der Waals surface area (Å²) in [6.07, 6.45) is 7.64. The number of imidazole rings is 1. The van der Waals surface area contributed by atoms with Crippen LogP contribution in [0.5, 0.6) is 0 Å². The van der Waals surface area contributed by atoms with Crippen molar-refractivity contribution in [1.29, 1.82) is 0 Å². The Balaban J connectivity index is 0.000000531. The van der Waals surface area contributed by atoms with E-state index < -0.39 is 0 Å². The number of hydrogen-bond acceptors (Lipinski definition) is 1. The molecule has 0 radical (unpaired) electrons. The van der Waals surface area contributed by atoms with Crippen LogP contribution in [0.15, 0.2) is 12.3 Å². The zero-order valence-corrected chi connectivity index (χ0v) is 10.5. The van der Waals surface area contributed by atoms with E-state index in [0.717, 1.165) is 12.2 Å². The first-order valence-electron chi connectivity index (χ1n) is 5.94. The topological polar surface area (TPSA) is 17.8 Å². The lowest BCUT2D eigenvalue weighted by molar-refractivity contribution is 0.540. The maximum absolute atomic E-state index is 4.58. The molecular weight excluding hydrogens is 184 g/mol. The van der Waals surface area contributed by atoms with E-state index in [1.165, 1.54) is 5.69 Å². The van der Waals surface area contributed by atoms with Gasteiger partial charge in [-0.05, 0) is 25.3 Å². The lowest BCUT2D eigenvalue weighted by Crippen LogP contribution is -2.07. The summed E-state index contributed by atoms with van der Waals surface area (Å²) in [5, 5.41) is 0. The lowest BCUT2D eigenvalue weighted by Gasteiger charge is -2.16. The van der Waals surface area contributed by atoms with Gasteiger partial charge in [0.15, 0.2) is 0 Å². The smallest absolute Gasteiger partial charge is 0.132 e. The summed E-state index contributed by atoms with van der Waals surface area (Å²) in [6.45, 7) is 10.6. The maximum Gasteiger partial charge on any atom is 0.132 e. The summed E-state index contributed by atoms with van der Waals surface area (Å²) in [5.74, 6) is 1.64. The van der Waals surface area contributed by atoms with Gasteiger partial charge >= 0.3 is 0 Å². The highest BCUT2D eigenvalue weighted by Crippen LogP contribution is 2.24. The molecule has 2 rings (SSSR count). The minimum Gasteiger partial charge on any atom is -0.328 e. The Hall–Kier alpha value is -1.05. The second-order valence-electron chi connectivity index (χ2n) is 4.07. The normalized spacial score (nSPS) is 18.4. The van der Waals surface area contributed by atoms with E-state index in [4.69, 9.17) is 0 Å². The van der Waals surface area contributed by atoms with Crippen molar-refractivity contribution in [2.45, 2.75) is 53.0 Å². The number of nitrogens with zero attached hydrogens (tertiary/aromatic N) is 2. The fourth-order valence-electron chi connectivity index (χ4n) is 1.67. The average Bonchev–Trinajstić information content (AvgIpc) is 2.66. The first-order valence-corrected chi connectivity index (χ1v) is 5.94. The Labute approximate surface area is 93.0 Å². The Bertz CT molecular complexity index is 334. The van der Waals surface area contributed by atoms with Crippen LogP contribution in [0.25, 0.3) is 6.08 Å². The van der Waals surface area contributed by atoms with Crippen molar-refractivity contribution >= 4 is 6.08 Å². The third kappa shape index (κ3) is 2.49. The molecule has 0 aromatic carbocycles. The summed E-state index contributed by atoms with van der Waals surface area (Å²) in [6, 6.07) is 0.569. The van der Waals surface area contributed by atoms with Crippen LogP contribution >= 0.6 is 0 Å². The molecule has 0 amide bonds. The van der Waals surface area contributed by atoms with Crippen LogP contribution in [0, 0.1) is 0 Å². The Morgan fingerprint density at radius 3 is 2.60 bits per heavy atom. The molecule has 2 heterocycles. The van der Waals surface area contributed by atoms with Crippen LogP contribution < -0.4 is 0 Å². The molecule has 0 fully saturated rings. The van der Waals surface area contributed by atoms with Crippen molar-refractivity contribution in [2.24, 2.45) is 0 Å². The van der Waals surface area contributed by atoms with Crippen molar-refractivity contribution in [3.8, 4) is 0 Å². The van der Waals surface area contributed by atoms with Gasteiger partial charge in [-0.3, -0.25) is 0 Å². The highest BCUT2D eigenvalue weighted by atomic mass is 15.1. The molecule has 0 aliphatic carbocycles. The van der Waals surface area contributed by atoms with E-state index in [1.54, 1.807) is 0 Å². The minimum absolute atomic E-state index is 0.527. The van der Waals surface area contributed by atoms with Crippen molar-refractivity contribution < 1.29 is 0 Å².